The Morgan fingerprint density at radius 2 is 2.15 bits per heavy atom. The lowest BCUT2D eigenvalue weighted by molar-refractivity contribution is -0.118. The van der Waals surface area contributed by atoms with E-state index in [-0.39, 0.29) is 24.2 Å². The van der Waals surface area contributed by atoms with Crippen LogP contribution in [-0.4, -0.2) is 46.6 Å². The third-order valence-corrected chi connectivity index (χ3v) is 5.33. The summed E-state index contributed by atoms with van der Waals surface area (Å²) in [5.74, 6) is 1.18. The number of aromatic nitrogens is 2. The molecule has 0 spiro atoms. The molecule has 0 unspecified atom stereocenters. The van der Waals surface area contributed by atoms with E-state index >= 15 is 0 Å². The van der Waals surface area contributed by atoms with Crippen LogP contribution < -0.4 is 15.8 Å². The van der Waals surface area contributed by atoms with Crippen molar-refractivity contribution in [1.82, 2.24) is 15.5 Å². The van der Waals surface area contributed by atoms with Gasteiger partial charge in [0.25, 0.3) is 0 Å². The summed E-state index contributed by atoms with van der Waals surface area (Å²) >= 11 is 2.98. The first-order chi connectivity index (χ1) is 13.0. The molecule has 0 bridgehead atoms. The summed E-state index contributed by atoms with van der Waals surface area (Å²) in [7, 11) is 1.59. The van der Waals surface area contributed by atoms with Crippen LogP contribution in [0.5, 0.6) is 5.75 Å². The molecule has 1 amide bonds. The van der Waals surface area contributed by atoms with Crippen molar-refractivity contribution in [3.63, 3.8) is 0 Å². The van der Waals surface area contributed by atoms with Crippen molar-refractivity contribution in [2.45, 2.75) is 17.7 Å². The van der Waals surface area contributed by atoms with Crippen molar-refractivity contribution < 1.29 is 9.53 Å². The van der Waals surface area contributed by atoms with Crippen LogP contribution in [0.4, 0.5) is 5.69 Å². The average Bonchev–Trinajstić information content (AvgIpc) is 3.05. The molecular formula is C16H17N7O2S2. The summed E-state index contributed by atoms with van der Waals surface area (Å²) in [5, 5.41) is 11.5. The molecule has 0 atom stereocenters. The molecule has 0 saturated heterocycles. The molecule has 11 heteroatoms. The number of ether oxygens (including phenoxy) is 1. The lowest BCUT2D eigenvalue weighted by atomic mass is 10.2. The second kappa shape index (κ2) is 8.73. The van der Waals surface area contributed by atoms with Gasteiger partial charge in [0.05, 0.1) is 19.2 Å². The zero-order valence-electron chi connectivity index (χ0n) is 14.7. The van der Waals surface area contributed by atoms with Crippen LogP contribution in [-0.2, 0) is 4.79 Å². The number of hydrogen-bond acceptors (Lipinski definition) is 7. The Hall–Kier alpha value is -2.79. The van der Waals surface area contributed by atoms with Gasteiger partial charge in [0.2, 0.25) is 17.8 Å². The second-order valence-corrected chi connectivity index (χ2v) is 7.79. The third-order valence-electron chi connectivity index (χ3n) is 3.29. The molecule has 1 aliphatic rings. The van der Waals surface area contributed by atoms with E-state index in [1.807, 2.05) is 6.92 Å². The number of guanidine groups is 2. The molecule has 1 aliphatic heterocycles. The normalized spacial score (nSPS) is 16.2. The van der Waals surface area contributed by atoms with E-state index < -0.39 is 0 Å². The highest BCUT2D eigenvalue weighted by atomic mass is 32.2. The maximum Gasteiger partial charge on any atom is 0.232 e. The number of aryl methyl sites for hydroxylation is 1. The highest BCUT2D eigenvalue weighted by Crippen LogP contribution is 2.22. The van der Waals surface area contributed by atoms with E-state index in [1.165, 1.54) is 23.1 Å². The molecule has 9 nitrogen and oxygen atoms in total. The fourth-order valence-corrected chi connectivity index (χ4v) is 3.86. The van der Waals surface area contributed by atoms with Gasteiger partial charge in [-0.1, -0.05) is 23.1 Å². The maximum absolute atomic E-state index is 11.9. The minimum Gasteiger partial charge on any atom is -0.497 e. The number of hydrogen-bond donors (Lipinski definition) is 2. The zero-order valence-corrected chi connectivity index (χ0v) is 16.3. The second-order valence-electron chi connectivity index (χ2n) is 5.38. The summed E-state index contributed by atoms with van der Waals surface area (Å²) < 4.78 is 5.93. The van der Waals surface area contributed by atoms with Crippen LogP contribution >= 0.6 is 23.1 Å². The van der Waals surface area contributed by atoms with Crippen molar-refractivity contribution in [2.24, 2.45) is 20.7 Å². The van der Waals surface area contributed by atoms with Crippen LogP contribution in [0.15, 0.2) is 43.6 Å². The lowest BCUT2D eigenvalue weighted by Gasteiger charge is -2.13. The number of carbonyl (C=O) groups excluding carboxylic acids is 1. The predicted molar refractivity (Wildman–Crippen MR) is 107 cm³/mol. The van der Waals surface area contributed by atoms with Gasteiger partial charge in [-0.05, 0) is 31.2 Å². The Labute approximate surface area is 163 Å². The summed E-state index contributed by atoms with van der Waals surface area (Å²) in [6, 6.07) is 7.04. The number of methoxy groups -OCH3 is 1. The summed E-state index contributed by atoms with van der Waals surface area (Å²) in [6.45, 7) is 1.89. The molecule has 27 heavy (non-hydrogen) atoms. The first kappa shape index (κ1) is 19.0. The fraction of sp³-hybridized carbons (Fsp3) is 0.250. The third kappa shape index (κ3) is 5.59. The topological polar surface area (TPSA) is 127 Å². The Balaban J connectivity index is 1.70. The quantitative estimate of drug-likeness (QED) is 0.446. The van der Waals surface area contributed by atoms with Gasteiger partial charge in [-0.15, -0.1) is 10.2 Å². The molecular weight excluding hydrogens is 386 g/mol. The Bertz CT molecular complexity index is 919. The molecule has 0 radical (unpaired) electrons. The smallest absolute Gasteiger partial charge is 0.232 e. The highest BCUT2D eigenvalue weighted by molar-refractivity contribution is 8.01. The molecule has 2 heterocycles. The van der Waals surface area contributed by atoms with E-state index in [0.29, 0.717) is 17.2 Å². The molecule has 1 aromatic carbocycles. The van der Waals surface area contributed by atoms with E-state index in [2.05, 4.69) is 30.5 Å². The summed E-state index contributed by atoms with van der Waals surface area (Å²) in [5.41, 5.74) is 7.16. The van der Waals surface area contributed by atoms with Crippen molar-refractivity contribution >= 4 is 52.3 Å². The molecule has 3 N–H and O–H groups in total. The van der Waals surface area contributed by atoms with Gasteiger partial charge in [-0.2, -0.15) is 4.99 Å². The minimum atomic E-state index is -0.190. The van der Waals surface area contributed by atoms with Crippen LogP contribution in [0, 0.1) is 6.92 Å². The monoisotopic (exact) mass is 403 g/mol. The first-order valence-electron chi connectivity index (χ1n) is 7.88. The van der Waals surface area contributed by atoms with Crippen LogP contribution in [0.2, 0.25) is 0 Å². The van der Waals surface area contributed by atoms with Gasteiger partial charge < -0.3 is 10.5 Å². The van der Waals surface area contributed by atoms with Gasteiger partial charge in [0.1, 0.15) is 10.8 Å². The van der Waals surface area contributed by atoms with Gasteiger partial charge in [-0.3, -0.25) is 10.1 Å². The highest BCUT2D eigenvalue weighted by Gasteiger charge is 2.18. The van der Waals surface area contributed by atoms with Crippen molar-refractivity contribution in [2.75, 3.05) is 12.9 Å². The molecule has 140 valence electrons. The number of amides is 1. The first-order valence-corrected chi connectivity index (χ1v) is 9.68. The number of benzene rings is 1. The van der Waals surface area contributed by atoms with E-state index in [1.54, 1.807) is 31.4 Å². The Morgan fingerprint density at radius 3 is 2.81 bits per heavy atom. The van der Waals surface area contributed by atoms with Crippen LogP contribution in [0.25, 0.3) is 0 Å². The molecule has 0 aliphatic carbocycles. The summed E-state index contributed by atoms with van der Waals surface area (Å²) in [6.07, 6.45) is 0.208. The number of carbonyl (C=O) groups is 1. The Kier molecular flexibility index (Phi) is 6.14. The molecule has 3 rings (SSSR count). The number of thioether (sulfide) groups is 1. The zero-order chi connectivity index (χ0) is 19.2. The lowest BCUT2D eigenvalue weighted by Crippen LogP contribution is -2.37. The Morgan fingerprint density at radius 1 is 1.37 bits per heavy atom. The molecule has 1 aromatic heterocycles. The predicted octanol–water partition coefficient (Wildman–Crippen LogP) is 1.91. The van der Waals surface area contributed by atoms with E-state index in [4.69, 9.17) is 10.5 Å². The average molecular weight is 403 g/mol. The number of aliphatic imine (C=N–C) groups is 3. The van der Waals surface area contributed by atoms with Gasteiger partial charge in [0.15, 0.2) is 4.34 Å². The van der Waals surface area contributed by atoms with Crippen LogP contribution in [0.3, 0.4) is 0 Å². The maximum atomic E-state index is 11.9. The summed E-state index contributed by atoms with van der Waals surface area (Å²) in [4.78, 5) is 24.5. The minimum absolute atomic E-state index is 0.00660. The molecule has 2 aromatic rings. The SMILES string of the molecule is COc1ccc(N=C(N)N=C2N=C(CSc3nnc(C)s3)CC(=O)N2)cc1. The molecule has 0 saturated carbocycles. The number of nitrogens with two attached hydrogens (primary N) is 1. The van der Waals surface area contributed by atoms with E-state index in [0.717, 1.165) is 15.1 Å². The van der Waals surface area contributed by atoms with Crippen LogP contribution in [0.1, 0.15) is 11.4 Å². The largest absolute Gasteiger partial charge is 0.497 e. The number of nitrogens with zero attached hydrogens (tertiary/aromatic N) is 5. The number of nitrogens with one attached hydrogen (secondary N) is 1. The fourth-order valence-electron chi connectivity index (χ4n) is 2.11. The van der Waals surface area contributed by atoms with Crippen molar-refractivity contribution in [3.8, 4) is 5.75 Å². The van der Waals surface area contributed by atoms with Crippen molar-refractivity contribution in [3.05, 3.63) is 29.3 Å². The van der Waals surface area contributed by atoms with Gasteiger partial charge in [0, 0.05) is 11.5 Å². The van der Waals surface area contributed by atoms with E-state index in [9.17, 15) is 4.79 Å². The molecule has 0 fully saturated rings. The van der Waals surface area contributed by atoms with Gasteiger partial charge in [-0.25, -0.2) is 9.98 Å². The van der Waals surface area contributed by atoms with Crippen molar-refractivity contribution in [1.29, 1.82) is 0 Å². The van der Waals surface area contributed by atoms with Gasteiger partial charge >= 0.3 is 0 Å². The number of rotatable bonds is 5. The standard InChI is InChI=1S/C16H17N7O2S2/c1-9-22-23-16(27-9)26-8-11-7-13(24)20-15(19-11)21-14(17)18-10-3-5-12(25-2)6-4-10/h3-6H,7-8H2,1-2H3,(H3,17,18,20,21,24).